The number of aryl methyl sites for hydroxylation is 1. The van der Waals surface area contributed by atoms with E-state index in [2.05, 4.69) is 15.6 Å². The molecule has 0 fully saturated rings. The molecule has 0 bridgehead atoms. The molecule has 3 aromatic rings. The molecule has 0 saturated carbocycles. The minimum Gasteiger partial charge on any atom is -0.486 e. The molecule has 6 nitrogen and oxygen atoms in total. The van der Waals surface area contributed by atoms with Crippen LogP contribution in [0.3, 0.4) is 0 Å². The van der Waals surface area contributed by atoms with Crippen molar-refractivity contribution in [3.63, 3.8) is 0 Å². The molecule has 0 unspecified atom stereocenters. The minimum atomic E-state index is -0.216. The molecule has 2 amide bonds. The monoisotopic (exact) mass is 429 g/mol. The fourth-order valence-corrected chi connectivity index (χ4v) is 3.54. The van der Waals surface area contributed by atoms with Crippen molar-refractivity contribution in [2.75, 3.05) is 13.1 Å². The van der Waals surface area contributed by atoms with E-state index < -0.39 is 0 Å². The van der Waals surface area contributed by atoms with Crippen LogP contribution in [0.4, 0.5) is 0 Å². The number of carbonyl (C=O) groups is 2. The highest BCUT2D eigenvalue weighted by atomic mass is 35.5. The smallest absolute Gasteiger partial charge is 0.263 e. The van der Waals surface area contributed by atoms with Crippen molar-refractivity contribution >= 4 is 34.8 Å². The molecule has 3 rings (SSSR count). The molecule has 0 spiro atoms. The number of halogens is 1. The zero-order valence-corrected chi connectivity index (χ0v) is 17.3. The van der Waals surface area contributed by atoms with Gasteiger partial charge in [0.05, 0.1) is 5.69 Å². The number of rotatable bonds is 8. The summed E-state index contributed by atoms with van der Waals surface area (Å²) in [6, 6.07) is 16.0. The summed E-state index contributed by atoms with van der Waals surface area (Å²) in [6.07, 6.45) is 0. The van der Waals surface area contributed by atoms with E-state index in [1.807, 2.05) is 6.07 Å². The van der Waals surface area contributed by atoms with Crippen molar-refractivity contribution < 1.29 is 14.3 Å². The number of carbonyl (C=O) groups excluding carboxylic acids is 2. The predicted molar refractivity (Wildman–Crippen MR) is 114 cm³/mol. The van der Waals surface area contributed by atoms with Gasteiger partial charge in [-0.3, -0.25) is 9.59 Å². The van der Waals surface area contributed by atoms with Gasteiger partial charge in [-0.25, -0.2) is 4.98 Å². The molecule has 0 radical (unpaired) electrons. The molecule has 2 aromatic carbocycles. The quantitative estimate of drug-likeness (QED) is 0.533. The van der Waals surface area contributed by atoms with Crippen LogP contribution in [0.1, 0.15) is 30.7 Å². The van der Waals surface area contributed by atoms with Crippen LogP contribution in [0, 0.1) is 6.92 Å². The Bertz CT molecular complexity index is 975. The number of thiazole rings is 1. The van der Waals surface area contributed by atoms with Gasteiger partial charge in [0, 0.05) is 23.7 Å². The van der Waals surface area contributed by atoms with Gasteiger partial charge in [0.1, 0.15) is 22.2 Å². The molecule has 8 heteroatoms. The Labute approximate surface area is 177 Å². The first-order valence-electron chi connectivity index (χ1n) is 8.99. The van der Waals surface area contributed by atoms with E-state index in [1.165, 1.54) is 11.3 Å². The number of hydrogen-bond donors (Lipinski definition) is 2. The summed E-state index contributed by atoms with van der Waals surface area (Å²) >= 11 is 7.14. The van der Waals surface area contributed by atoms with Gasteiger partial charge in [-0.15, -0.1) is 11.3 Å². The van der Waals surface area contributed by atoms with Crippen LogP contribution in [0.25, 0.3) is 0 Å². The van der Waals surface area contributed by atoms with E-state index in [1.54, 1.807) is 55.5 Å². The topological polar surface area (TPSA) is 80.3 Å². The zero-order valence-electron chi connectivity index (χ0n) is 15.8. The summed E-state index contributed by atoms with van der Waals surface area (Å²) in [5.41, 5.74) is 1.23. The van der Waals surface area contributed by atoms with E-state index in [9.17, 15) is 9.59 Å². The van der Waals surface area contributed by atoms with Crippen LogP contribution < -0.4 is 15.4 Å². The maximum absolute atomic E-state index is 12.4. The molecular weight excluding hydrogens is 410 g/mol. The Morgan fingerprint density at radius 2 is 1.66 bits per heavy atom. The summed E-state index contributed by atoms with van der Waals surface area (Å²) in [4.78, 5) is 29.3. The highest BCUT2D eigenvalue weighted by molar-refractivity contribution is 7.13. The molecule has 2 N–H and O–H groups in total. The molecule has 0 saturated heterocycles. The van der Waals surface area contributed by atoms with Crippen molar-refractivity contribution in [3.8, 4) is 5.75 Å². The predicted octanol–water partition coefficient (Wildman–Crippen LogP) is 3.84. The standard InChI is InChI=1S/C21H20ClN3O3S/c1-14-19(29-18(25-14)13-28-17-9-7-16(22)8-10-17)21(27)24-12-11-23-20(26)15-5-3-2-4-6-15/h2-10H,11-13H2,1H3,(H,23,26)(H,24,27). The lowest BCUT2D eigenvalue weighted by Gasteiger charge is -2.06. The fourth-order valence-electron chi connectivity index (χ4n) is 2.52. The number of hydrogen-bond acceptors (Lipinski definition) is 5. The first-order valence-corrected chi connectivity index (χ1v) is 10.2. The second-order valence-electron chi connectivity index (χ2n) is 6.14. The largest absolute Gasteiger partial charge is 0.486 e. The van der Waals surface area contributed by atoms with Crippen LogP contribution in [-0.4, -0.2) is 29.9 Å². The molecule has 150 valence electrons. The van der Waals surface area contributed by atoms with Gasteiger partial charge < -0.3 is 15.4 Å². The SMILES string of the molecule is Cc1nc(COc2ccc(Cl)cc2)sc1C(=O)NCCNC(=O)c1ccccc1. The Morgan fingerprint density at radius 1 is 1.00 bits per heavy atom. The van der Waals surface area contributed by atoms with E-state index in [-0.39, 0.29) is 18.4 Å². The fraction of sp³-hybridized carbons (Fsp3) is 0.190. The van der Waals surface area contributed by atoms with Gasteiger partial charge in [-0.05, 0) is 43.3 Å². The van der Waals surface area contributed by atoms with Crippen LogP contribution in [-0.2, 0) is 6.61 Å². The van der Waals surface area contributed by atoms with Crippen LogP contribution in [0.5, 0.6) is 5.75 Å². The maximum atomic E-state index is 12.4. The van der Waals surface area contributed by atoms with Crippen LogP contribution in [0.15, 0.2) is 54.6 Å². The highest BCUT2D eigenvalue weighted by Crippen LogP contribution is 2.21. The summed E-state index contributed by atoms with van der Waals surface area (Å²) < 4.78 is 5.67. The lowest BCUT2D eigenvalue weighted by atomic mass is 10.2. The number of amides is 2. The summed E-state index contributed by atoms with van der Waals surface area (Å²) in [6.45, 7) is 2.72. The summed E-state index contributed by atoms with van der Waals surface area (Å²) in [7, 11) is 0. The molecule has 1 aromatic heterocycles. The molecule has 0 aliphatic heterocycles. The van der Waals surface area contributed by atoms with Crippen LogP contribution in [0.2, 0.25) is 5.02 Å². The van der Waals surface area contributed by atoms with Gasteiger partial charge >= 0.3 is 0 Å². The zero-order chi connectivity index (χ0) is 20.6. The van der Waals surface area contributed by atoms with E-state index in [0.717, 1.165) is 0 Å². The van der Waals surface area contributed by atoms with Crippen molar-refractivity contribution in [1.82, 2.24) is 15.6 Å². The molecule has 0 aliphatic rings. The van der Waals surface area contributed by atoms with Crippen molar-refractivity contribution in [2.45, 2.75) is 13.5 Å². The van der Waals surface area contributed by atoms with Crippen LogP contribution >= 0.6 is 22.9 Å². The average Bonchev–Trinajstić information content (AvgIpc) is 3.12. The van der Waals surface area contributed by atoms with Gasteiger partial charge in [0.25, 0.3) is 11.8 Å². The van der Waals surface area contributed by atoms with E-state index in [0.29, 0.717) is 45.0 Å². The Balaban J connectivity index is 1.45. The van der Waals surface area contributed by atoms with Crippen molar-refractivity contribution in [1.29, 1.82) is 0 Å². The number of ether oxygens (including phenoxy) is 1. The molecule has 0 aliphatic carbocycles. The third kappa shape index (κ3) is 6.04. The number of benzene rings is 2. The molecule has 29 heavy (non-hydrogen) atoms. The Morgan fingerprint density at radius 3 is 2.34 bits per heavy atom. The first kappa shape index (κ1) is 20.8. The first-order chi connectivity index (χ1) is 14.0. The van der Waals surface area contributed by atoms with Gasteiger partial charge in [-0.1, -0.05) is 29.8 Å². The van der Waals surface area contributed by atoms with Gasteiger partial charge in [-0.2, -0.15) is 0 Å². The Kier molecular flexibility index (Phi) is 7.21. The normalized spacial score (nSPS) is 10.4. The Hall–Kier alpha value is -2.90. The number of nitrogens with zero attached hydrogens (tertiary/aromatic N) is 1. The van der Waals surface area contributed by atoms with E-state index >= 15 is 0 Å². The lowest BCUT2D eigenvalue weighted by molar-refractivity contribution is 0.0929. The van der Waals surface area contributed by atoms with E-state index in [4.69, 9.17) is 16.3 Å². The lowest BCUT2D eigenvalue weighted by Crippen LogP contribution is -2.34. The summed E-state index contributed by atoms with van der Waals surface area (Å²) in [5.74, 6) is 0.296. The van der Waals surface area contributed by atoms with Gasteiger partial charge in [0.15, 0.2) is 0 Å². The molecule has 0 atom stereocenters. The third-order valence-corrected chi connectivity index (χ3v) is 5.34. The van der Waals surface area contributed by atoms with Crippen molar-refractivity contribution in [3.05, 3.63) is 80.8 Å². The second kappa shape index (κ2) is 10.0. The molecule has 1 heterocycles. The van der Waals surface area contributed by atoms with Crippen molar-refractivity contribution in [2.24, 2.45) is 0 Å². The minimum absolute atomic E-state index is 0.171. The third-order valence-electron chi connectivity index (χ3n) is 3.96. The maximum Gasteiger partial charge on any atom is 0.263 e. The average molecular weight is 430 g/mol. The molecular formula is C21H20ClN3O3S. The number of nitrogens with one attached hydrogen (secondary N) is 2. The van der Waals surface area contributed by atoms with Gasteiger partial charge in [0.2, 0.25) is 0 Å². The second-order valence-corrected chi connectivity index (χ2v) is 7.66. The summed E-state index contributed by atoms with van der Waals surface area (Å²) in [5, 5.41) is 6.92. The number of aromatic nitrogens is 1. The highest BCUT2D eigenvalue weighted by Gasteiger charge is 2.15.